The van der Waals surface area contributed by atoms with E-state index in [0.717, 1.165) is 5.69 Å². The normalized spacial score (nSPS) is 15.4. The summed E-state index contributed by atoms with van der Waals surface area (Å²) in [6, 6.07) is 6.17. The largest absolute Gasteiger partial charge is 0.399 e. The summed E-state index contributed by atoms with van der Waals surface area (Å²) in [5.74, 6) is 0. The number of nitrogens with two attached hydrogens (primary N) is 1. The van der Waals surface area contributed by atoms with Crippen molar-refractivity contribution in [2.75, 3.05) is 23.7 Å². The highest BCUT2D eigenvalue weighted by Crippen LogP contribution is 2.25. The van der Waals surface area contributed by atoms with Crippen LogP contribution in [0.25, 0.3) is 0 Å². The molecule has 0 amide bonds. The van der Waals surface area contributed by atoms with Gasteiger partial charge < -0.3 is 10.6 Å². The van der Waals surface area contributed by atoms with E-state index in [4.69, 9.17) is 5.73 Å². The summed E-state index contributed by atoms with van der Waals surface area (Å²) in [7, 11) is 0. The monoisotopic (exact) mass is 212 g/mol. The molecule has 2 nitrogen and oxygen atoms in total. The first kappa shape index (κ1) is 11.2. The van der Waals surface area contributed by atoms with Crippen molar-refractivity contribution in [1.82, 2.24) is 0 Å². The Balaban J connectivity index is 0.000000980. The fourth-order valence-corrected chi connectivity index (χ4v) is 1.99. The molecule has 0 aromatic heterocycles. The van der Waals surface area contributed by atoms with E-state index < -0.39 is 0 Å². The average molecular weight is 213 g/mol. The maximum atomic E-state index is 5.71. The first-order chi connectivity index (χ1) is 6.27. The van der Waals surface area contributed by atoms with Crippen LogP contribution in [0.1, 0.15) is 18.4 Å². The van der Waals surface area contributed by atoms with Crippen LogP contribution in [-0.2, 0) is 0 Å². The first-order valence-electron chi connectivity index (χ1n) is 4.88. The lowest BCUT2D eigenvalue weighted by Gasteiger charge is -2.20. The zero-order valence-electron chi connectivity index (χ0n) is 8.49. The Bertz CT molecular complexity index is 306. The molecule has 0 bridgehead atoms. The summed E-state index contributed by atoms with van der Waals surface area (Å²) in [6.07, 6.45) is 2.65. The second-order valence-corrected chi connectivity index (χ2v) is 3.74. The summed E-state index contributed by atoms with van der Waals surface area (Å²) in [6.45, 7) is 4.53. The number of halogens is 1. The van der Waals surface area contributed by atoms with Gasteiger partial charge in [0.2, 0.25) is 0 Å². The maximum absolute atomic E-state index is 5.71. The van der Waals surface area contributed by atoms with Gasteiger partial charge in [0.25, 0.3) is 0 Å². The molecular weight excluding hydrogens is 196 g/mol. The number of hydrogen-bond donors (Lipinski definition) is 1. The van der Waals surface area contributed by atoms with Crippen LogP contribution in [-0.4, -0.2) is 13.1 Å². The van der Waals surface area contributed by atoms with Crippen molar-refractivity contribution >= 4 is 23.8 Å². The second-order valence-electron chi connectivity index (χ2n) is 3.74. The molecule has 0 saturated carbocycles. The zero-order chi connectivity index (χ0) is 9.26. The quantitative estimate of drug-likeness (QED) is 0.726. The highest BCUT2D eigenvalue weighted by atomic mass is 35.5. The third-order valence-electron chi connectivity index (χ3n) is 2.67. The first-order valence-corrected chi connectivity index (χ1v) is 4.88. The number of anilines is 2. The summed E-state index contributed by atoms with van der Waals surface area (Å²) in [5, 5.41) is 0. The lowest BCUT2D eigenvalue weighted by atomic mass is 10.1. The Kier molecular flexibility index (Phi) is 3.64. The third-order valence-corrected chi connectivity index (χ3v) is 2.67. The maximum Gasteiger partial charge on any atom is 0.0397 e. The summed E-state index contributed by atoms with van der Waals surface area (Å²) >= 11 is 0. The lowest BCUT2D eigenvalue weighted by Crippen LogP contribution is -2.18. The third kappa shape index (κ3) is 2.13. The minimum atomic E-state index is 0. The SMILES string of the molecule is Cc1cc(N)ccc1N1CCCC1.Cl. The fourth-order valence-electron chi connectivity index (χ4n) is 1.99. The molecule has 1 heterocycles. The number of hydrogen-bond acceptors (Lipinski definition) is 2. The molecule has 1 saturated heterocycles. The van der Waals surface area contributed by atoms with Gasteiger partial charge in [-0.3, -0.25) is 0 Å². The minimum absolute atomic E-state index is 0. The van der Waals surface area contributed by atoms with Crippen LogP contribution in [0.4, 0.5) is 11.4 Å². The summed E-state index contributed by atoms with van der Waals surface area (Å²) in [4.78, 5) is 2.44. The zero-order valence-corrected chi connectivity index (χ0v) is 9.31. The number of nitrogen functional groups attached to an aromatic ring is 1. The van der Waals surface area contributed by atoms with E-state index in [1.54, 1.807) is 0 Å². The summed E-state index contributed by atoms with van der Waals surface area (Å²) in [5.41, 5.74) is 9.22. The molecular formula is C11H17ClN2. The van der Waals surface area contributed by atoms with Crippen molar-refractivity contribution in [2.45, 2.75) is 19.8 Å². The van der Waals surface area contributed by atoms with Gasteiger partial charge in [0.15, 0.2) is 0 Å². The lowest BCUT2D eigenvalue weighted by molar-refractivity contribution is 0.949. The van der Waals surface area contributed by atoms with E-state index >= 15 is 0 Å². The van der Waals surface area contributed by atoms with Crippen LogP contribution in [0, 0.1) is 6.92 Å². The molecule has 0 unspecified atom stereocenters. The predicted molar refractivity (Wildman–Crippen MR) is 64.3 cm³/mol. The van der Waals surface area contributed by atoms with Crippen molar-refractivity contribution in [3.05, 3.63) is 23.8 Å². The smallest absolute Gasteiger partial charge is 0.0397 e. The van der Waals surface area contributed by atoms with Gasteiger partial charge in [-0.1, -0.05) is 0 Å². The van der Waals surface area contributed by atoms with E-state index in [1.165, 1.54) is 37.2 Å². The Morgan fingerprint density at radius 3 is 2.43 bits per heavy atom. The van der Waals surface area contributed by atoms with Crippen LogP contribution in [0.15, 0.2) is 18.2 Å². The van der Waals surface area contributed by atoms with Gasteiger partial charge in [0.05, 0.1) is 0 Å². The van der Waals surface area contributed by atoms with Crippen LogP contribution >= 0.6 is 12.4 Å². The number of aryl methyl sites for hydroxylation is 1. The number of nitrogens with zero attached hydrogens (tertiary/aromatic N) is 1. The molecule has 1 fully saturated rings. The molecule has 0 radical (unpaired) electrons. The number of rotatable bonds is 1. The molecule has 3 heteroatoms. The van der Waals surface area contributed by atoms with Crippen LogP contribution in [0.5, 0.6) is 0 Å². The van der Waals surface area contributed by atoms with Gasteiger partial charge >= 0.3 is 0 Å². The van der Waals surface area contributed by atoms with Crippen molar-refractivity contribution in [3.8, 4) is 0 Å². The van der Waals surface area contributed by atoms with Crippen molar-refractivity contribution in [2.24, 2.45) is 0 Å². The molecule has 1 aliphatic heterocycles. The minimum Gasteiger partial charge on any atom is -0.399 e. The average Bonchev–Trinajstić information content (AvgIpc) is 2.56. The molecule has 0 aliphatic carbocycles. The predicted octanol–water partition coefficient (Wildman–Crippen LogP) is 2.60. The molecule has 1 aromatic rings. The van der Waals surface area contributed by atoms with E-state index in [9.17, 15) is 0 Å². The molecule has 2 N–H and O–H groups in total. The van der Waals surface area contributed by atoms with E-state index in [0.29, 0.717) is 0 Å². The highest BCUT2D eigenvalue weighted by Gasteiger charge is 2.13. The summed E-state index contributed by atoms with van der Waals surface area (Å²) < 4.78 is 0. The molecule has 1 aromatic carbocycles. The molecule has 1 aliphatic rings. The Morgan fingerprint density at radius 2 is 1.86 bits per heavy atom. The van der Waals surface area contributed by atoms with Crippen LogP contribution < -0.4 is 10.6 Å². The van der Waals surface area contributed by atoms with Crippen molar-refractivity contribution in [3.63, 3.8) is 0 Å². The molecule has 2 rings (SSSR count). The number of benzene rings is 1. The van der Waals surface area contributed by atoms with Crippen LogP contribution in [0.3, 0.4) is 0 Å². The topological polar surface area (TPSA) is 29.3 Å². The standard InChI is InChI=1S/C11H16N2.ClH/c1-9-8-10(12)4-5-11(9)13-6-2-3-7-13;/h4-5,8H,2-3,6-7,12H2,1H3;1H. The Labute approximate surface area is 91.5 Å². The van der Waals surface area contributed by atoms with Gasteiger partial charge in [0.1, 0.15) is 0 Å². The van der Waals surface area contributed by atoms with Crippen molar-refractivity contribution < 1.29 is 0 Å². The fraction of sp³-hybridized carbons (Fsp3) is 0.455. The van der Waals surface area contributed by atoms with E-state index in [-0.39, 0.29) is 12.4 Å². The van der Waals surface area contributed by atoms with Crippen LogP contribution in [0.2, 0.25) is 0 Å². The molecule has 14 heavy (non-hydrogen) atoms. The molecule has 0 atom stereocenters. The van der Waals surface area contributed by atoms with E-state index in [1.807, 2.05) is 12.1 Å². The molecule has 78 valence electrons. The molecule has 0 spiro atoms. The highest BCUT2D eigenvalue weighted by molar-refractivity contribution is 5.85. The van der Waals surface area contributed by atoms with Gasteiger partial charge in [-0.15, -0.1) is 12.4 Å². The van der Waals surface area contributed by atoms with Gasteiger partial charge in [-0.2, -0.15) is 0 Å². The van der Waals surface area contributed by atoms with Gasteiger partial charge in [-0.25, -0.2) is 0 Å². The Morgan fingerprint density at radius 1 is 1.21 bits per heavy atom. The van der Waals surface area contributed by atoms with Gasteiger partial charge in [-0.05, 0) is 43.5 Å². The van der Waals surface area contributed by atoms with Gasteiger partial charge in [0, 0.05) is 24.5 Å². The second kappa shape index (κ2) is 4.56. The van der Waals surface area contributed by atoms with Crippen molar-refractivity contribution in [1.29, 1.82) is 0 Å². The Hall–Kier alpha value is -0.890. The van der Waals surface area contributed by atoms with E-state index in [2.05, 4.69) is 17.9 Å².